The van der Waals surface area contributed by atoms with Gasteiger partial charge in [-0.05, 0) is 61.4 Å². The molecule has 1 aliphatic heterocycles. The Hall–Kier alpha value is -3.82. The van der Waals surface area contributed by atoms with Crippen LogP contribution >= 0.6 is 0 Å². The summed E-state index contributed by atoms with van der Waals surface area (Å²) in [5.41, 5.74) is -0.873. The quantitative estimate of drug-likeness (QED) is 0.360. The molecule has 0 aliphatic carbocycles. The first-order valence-electron chi connectivity index (χ1n) is 10.8. The fourth-order valence-corrected chi connectivity index (χ4v) is 4.01. The topological polar surface area (TPSA) is 62.3 Å². The Balaban J connectivity index is 1.46. The molecule has 182 valence electrons. The standard InChI is InChI=1S/C25H20F5N3O2/c26-17-6-7-21(27)20(14-17)22(34)15-8-11-33(12-9-15)24(35)19-5-2-10-31-23(19)32-18-4-1-3-16(13-18)25(28,29)30/h1-7,10,13-15H,8-9,11-12H2,(H,31,32). The predicted molar refractivity (Wildman–Crippen MR) is 118 cm³/mol. The number of aromatic nitrogens is 1. The number of Topliss-reactive ketones (excluding diaryl/α,β-unsaturated/α-hetero) is 1. The van der Waals surface area contributed by atoms with Crippen molar-refractivity contribution >= 4 is 23.2 Å². The van der Waals surface area contributed by atoms with Crippen LogP contribution in [0.1, 0.15) is 39.1 Å². The molecular weight excluding hydrogens is 469 g/mol. The van der Waals surface area contributed by atoms with Crippen LogP contribution in [-0.4, -0.2) is 34.7 Å². The van der Waals surface area contributed by atoms with E-state index >= 15 is 0 Å². The average molecular weight is 489 g/mol. The summed E-state index contributed by atoms with van der Waals surface area (Å²) in [4.78, 5) is 31.4. The zero-order chi connectivity index (χ0) is 25.2. The fourth-order valence-electron chi connectivity index (χ4n) is 4.01. The van der Waals surface area contributed by atoms with Crippen LogP contribution in [0.25, 0.3) is 0 Å². The monoisotopic (exact) mass is 489 g/mol. The van der Waals surface area contributed by atoms with Crippen molar-refractivity contribution in [1.82, 2.24) is 9.88 Å². The molecule has 35 heavy (non-hydrogen) atoms. The molecule has 2 heterocycles. The van der Waals surface area contributed by atoms with E-state index in [4.69, 9.17) is 0 Å². The highest BCUT2D eigenvalue weighted by atomic mass is 19.4. The highest BCUT2D eigenvalue weighted by molar-refractivity contribution is 6.00. The third-order valence-electron chi connectivity index (χ3n) is 5.84. The maximum absolute atomic E-state index is 14.0. The van der Waals surface area contributed by atoms with Crippen molar-refractivity contribution < 1.29 is 31.5 Å². The van der Waals surface area contributed by atoms with Gasteiger partial charge in [0.25, 0.3) is 5.91 Å². The van der Waals surface area contributed by atoms with Gasteiger partial charge in [0.15, 0.2) is 5.78 Å². The van der Waals surface area contributed by atoms with Crippen molar-refractivity contribution in [2.75, 3.05) is 18.4 Å². The lowest BCUT2D eigenvalue weighted by Crippen LogP contribution is -2.40. The summed E-state index contributed by atoms with van der Waals surface area (Å²) in [7, 11) is 0. The van der Waals surface area contributed by atoms with E-state index in [1.807, 2.05) is 0 Å². The third kappa shape index (κ3) is 5.47. The van der Waals surface area contributed by atoms with Gasteiger partial charge in [0.2, 0.25) is 0 Å². The van der Waals surface area contributed by atoms with Gasteiger partial charge in [0.05, 0.1) is 16.7 Å². The zero-order valence-corrected chi connectivity index (χ0v) is 18.3. The highest BCUT2D eigenvalue weighted by Gasteiger charge is 2.32. The van der Waals surface area contributed by atoms with Gasteiger partial charge in [-0.3, -0.25) is 9.59 Å². The Morgan fingerprint density at radius 1 is 0.943 bits per heavy atom. The molecule has 1 aromatic heterocycles. The Bertz CT molecular complexity index is 1250. The number of likely N-dealkylation sites (tertiary alicyclic amines) is 1. The normalized spacial score (nSPS) is 14.6. The number of hydrogen-bond acceptors (Lipinski definition) is 4. The molecule has 0 saturated carbocycles. The number of anilines is 2. The number of pyridine rings is 1. The minimum absolute atomic E-state index is 0.0943. The summed E-state index contributed by atoms with van der Waals surface area (Å²) in [6, 6.07) is 10.3. The molecule has 2 aromatic carbocycles. The van der Waals surface area contributed by atoms with Gasteiger partial charge >= 0.3 is 6.18 Å². The molecule has 1 fully saturated rings. The van der Waals surface area contributed by atoms with E-state index in [0.29, 0.717) is 0 Å². The second-order valence-corrected chi connectivity index (χ2v) is 8.16. The fraction of sp³-hybridized carbons (Fsp3) is 0.240. The number of amides is 1. The van der Waals surface area contributed by atoms with Gasteiger partial charge in [-0.25, -0.2) is 13.8 Å². The average Bonchev–Trinajstić information content (AvgIpc) is 2.85. The number of rotatable bonds is 5. The molecule has 0 unspecified atom stereocenters. The van der Waals surface area contributed by atoms with E-state index in [1.165, 1.54) is 35.4 Å². The molecule has 3 aromatic rings. The van der Waals surface area contributed by atoms with Gasteiger partial charge in [0.1, 0.15) is 17.5 Å². The first-order valence-corrected chi connectivity index (χ1v) is 10.8. The lowest BCUT2D eigenvalue weighted by Gasteiger charge is -2.31. The zero-order valence-electron chi connectivity index (χ0n) is 18.3. The minimum atomic E-state index is -4.52. The summed E-state index contributed by atoms with van der Waals surface area (Å²) >= 11 is 0. The molecule has 5 nitrogen and oxygen atoms in total. The minimum Gasteiger partial charge on any atom is -0.340 e. The van der Waals surface area contributed by atoms with Crippen LogP contribution in [0.2, 0.25) is 0 Å². The second-order valence-electron chi connectivity index (χ2n) is 8.16. The number of piperidine rings is 1. The maximum atomic E-state index is 14.0. The predicted octanol–water partition coefficient (Wildman–Crippen LogP) is 5.86. The number of nitrogens with one attached hydrogen (secondary N) is 1. The molecule has 0 spiro atoms. The molecule has 0 atom stereocenters. The van der Waals surface area contributed by atoms with Gasteiger partial charge < -0.3 is 10.2 Å². The van der Waals surface area contributed by atoms with Gasteiger partial charge in [-0.15, -0.1) is 0 Å². The van der Waals surface area contributed by atoms with E-state index in [-0.39, 0.29) is 48.6 Å². The molecule has 1 saturated heterocycles. The van der Waals surface area contributed by atoms with Crippen LogP contribution in [0.5, 0.6) is 0 Å². The Morgan fingerprint density at radius 2 is 1.69 bits per heavy atom. The number of alkyl halides is 3. The number of halogens is 5. The molecular formula is C25H20F5N3O2. The van der Waals surface area contributed by atoms with Crippen molar-refractivity contribution in [2.24, 2.45) is 5.92 Å². The molecule has 1 aliphatic rings. The van der Waals surface area contributed by atoms with Crippen LogP contribution in [0.3, 0.4) is 0 Å². The molecule has 0 radical (unpaired) electrons. The number of carbonyl (C=O) groups excluding carboxylic acids is 2. The number of nitrogens with zero attached hydrogens (tertiary/aromatic N) is 2. The number of benzene rings is 2. The summed E-state index contributed by atoms with van der Waals surface area (Å²) in [5.74, 6) is -2.89. The van der Waals surface area contributed by atoms with Crippen molar-refractivity contribution in [3.8, 4) is 0 Å². The van der Waals surface area contributed by atoms with Crippen LogP contribution in [0.15, 0.2) is 60.8 Å². The van der Waals surface area contributed by atoms with E-state index in [2.05, 4.69) is 10.3 Å². The van der Waals surface area contributed by atoms with E-state index in [0.717, 1.165) is 30.3 Å². The Labute approximate surface area is 197 Å². The number of carbonyl (C=O) groups is 2. The molecule has 0 bridgehead atoms. The van der Waals surface area contributed by atoms with Gasteiger partial charge in [-0.1, -0.05) is 6.07 Å². The molecule has 1 N–H and O–H groups in total. The first-order chi connectivity index (χ1) is 16.6. The van der Waals surface area contributed by atoms with Crippen molar-refractivity contribution in [1.29, 1.82) is 0 Å². The smallest absolute Gasteiger partial charge is 0.340 e. The SMILES string of the molecule is O=C(c1cc(F)ccc1F)C1CCN(C(=O)c2cccnc2Nc2cccc(C(F)(F)F)c2)CC1. The lowest BCUT2D eigenvalue weighted by molar-refractivity contribution is -0.137. The van der Waals surface area contributed by atoms with Gasteiger partial charge in [0, 0.05) is 30.9 Å². The molecule has 4 rings (SSSR count). The van der Waals surface area contributed by atoms with E-state index in [9.17, 15) is 31.5 Å². The van der Waals surface area contributed by atoms with E-state index in [1.54, 1.807) is 0 Å². The number of ketones is 1. The second kappa shape index (κ2) is 9.81. The third-order valence-corrected chi connectivity index (χ3v) is 5.84. The van der Waals surface area contributed by atoms with E-state index < -0.39 is 41.0 Å². The van der Waals surface area contributed by atoms with Crippen LogP contribution in [-0.2, 0) is 6.18 Å². The lowest BCUT2D eigenvalue weighted by atomic mass is 9.88. The van der Waals surface area contributed by atoms with Crippen molar-refractivity contribution in [2.45, 2.75) is 19.0 Å². The summed E-state index contributed by atoms with van der Waals surface area (Å²) in [6.07, 6.45) is -2.59. The largest absolute Gasteiger partial charge is 0.416 e. The Kier molecular flexibility index (Phi) is 6.81. The van der Waals surface area contributed by atoms with Gasteiger partial charge in [-0.2, -0.15) is 13.2 Å². The molecule has 10 heteroatoms. The van der Waals surface area contributed by atoms with Crippen molar-refractivity contribution in [3.05, 3.63) is 89.1 Å². The highest BCUT2D eigenvalue weighted by Crippen LogP contribution is 2.32. The summed E-state index contributed by atoms with van der Waals surface area (Å²) < 4.78 is 66.5. The summed E-state index contributed by atoms with van der Waals surface area (Å²) in [6.45, 7) is 0.397. The Morgan fingerprint density at radius 3 is 2.40 bits per heavy atom. The molecule has 1 amide bonds. The van der Waals surface area contributed by atoms with Crippen LogP contribution < -0.4 is 5.32 Å². The summed E-state index contributed by atoms with van der Waals surface area (Å²) in [5, 5.41) is 2.78. The van der Waals surface area contributed by atoms with Crippen LogP contribution in [0.4, 0.5) is 33.5 Å². The van der Waals surface area contributed by atoms with Crippen LogP contribution in [0, 0.1) is 17.6 Å². The van der Waals surface area contributed by atoms with Crippen molar-refractivity contribution in [3.63, 3.8) is 0 Å². The number of hydrogen-bond donors (Lipinski definition) is 1. The maximum Gasteiger partial charge on any atom is 0.416 e. The first kappa shape index (κ1) is 24.3.